The molecule has 0 saturated heterocycles. The second-order valence-corrected chi connectivity index (χ2v) is 4.61. The smallest absolute Gasteiger partial charge is 0.744 e. The SMILES string of the molecule is O=S(=O)([O-])c1ccccc1O.Oc1ccccc1.[Na+]. The topological polar surface area (TPSA) is 97.7 Å². The predicted octanol–water partition coefficient (Wildman–Crippen LogP) is -1.31. The van der Waals surface area contributed by atoms with Crippen molar-refractivity contribution in [2.75, 3.05) is 0 Å². The Bertz CT molecular complexity index is 599. The van der Waals surface area contributed by atoms with Crippen molar-refractivity contribution in [1.29, 1.82) is 0 Å². The largest absolute Gasteiger partial charge is 1.00 e. The molecular formula is C12H11NaO5S. The zero-order valence-corrected chi connectivity index (χ0v) is 13.0. The summed E-state index contributed by atoms with van der Waals surface area (Å²) >= 11 is 0. The first-order valence-corrected chi connectivity index (χ1v) is 6.30. The van der Waals surface area contributed by atoms with Crippen molar-refractivity contribution in [2.24, 2.45) is 0 Å². The molecule has 0 atom stereocenters. The van der Waals surface area contributed by atoms with Crippen LogP contribution in [0.5, 0.6) is 11.5 Å². The van der Waals surface area contributed by atoms with Crippen LogP contribution in [0.15, 0.2) is 59.5 Å². The average molecular weight is 290 g/mol. The average Bonchev–Trinajstić information content (AvgIpc) is 2.30. The maximum atomic E-state index is 10.3. The van der Waals surface area contributed by atoms with E-state index in [1.165, 1.54) is 12.1 Å². The van der Waals surface area contributed by atoms with E-state index in [-0.39, 0.29) is 29.6 Å². The molecule has 7 heteroatoms. The molecule has 0 saturated carbocycles. The van der Waals surface area contributed by atoms with Gasteiger partial charge in [-0.1, -0.05) is 30.3 Å². The van der Waals surface area contributed by atoms with Crippen molar-refractivity contribution in [2.45, 2.75) is 4.90 Å². The molecule has 0 fully saturated rings. The molecular weight excluding hydrogens is 279 g/mol. The molecule has 0 aliphatic heterocycles. The van der Waals surface area contributed by atoms with Crippen LogP contribution in [-0.4, -0.2) is 23.2 Å². The van der Waals surface area contributed by atoms with Crippen molar-refractivity contribution < 1.29 is 52.7 Å². The predicted molar refractivity (Wildman–Crippen MR) is 64.2 cm³/mol. The Labute approximate surface area is 133 Å². The van der Waals surface area contributed by atoms with Crippen molar-refractivity contribution >= 4 is 10.1 Å². The zero-order valence-electron chi connectivity index (χ0n) is 10.2. The second-order valence-electron chi connectivity index (χ2n) is 3.26. The summed E-state index contributed by atoms with van der Waals surface area (Å²) in [6, 6.07) is 13.7. The minimum Gasteiger partial charge on any atom is -0.744 e. The Morgan fingerprint density at radius 1 is 0.842 bits per heavy atom. The number of rotatable bonds is 1. The van der Waals surface area contributed by atoms with Gasteiger partial charge < -0.3 is 14.8 Å². The fourth-order valence-corrected chi connectivity index (χ4v) is 1.67. The summed E-state index contributed by atoms with van der Waals surface area (Å²) in [6.45, 7) is 0. The molecule has 0 unspecified atom stereocenters. The normalized spacial score (nSPS) is 9.74. The minimum absolute atomic E-state index is 0. The van der Waals surface area contributed by atoms with E-state index < -0.39 is 20.8 Å². The third-order valence-corrected chi connectivity index (χ3v) is 2.77. The molecule has 0 bridgehead atoms. The Morgan fingerprint density at radius 3 is 1.63 bits per heavy atom. The summed E-state index contributed by atoms with van der Waals surface area (Å²) in [5.41, 5.74) is 0. The van der Waals surface area contributed by atoms with Gasteiger partial charge in [0.05, 0.1) is 4.90 Å². The van der Waals surface area contributed by atoms with E-state index in [1.54, 1.807) is 24.3 Å². The van der Waals surface area contributed by atoms with Crippen LogP contribution in [0.3, 0.4) is 0 Å². The third-order valence-electron chi connectivity index (χ3n) is 1.89. The summed E-state index contributed by atoms with van der Waals surface area (Å²) in [5.74, 6) is -0.190. The molecule has 0 aliphatic carbocycles. The van der Waals surface area contributed by atoms with E-state index >= 15 is 0 Å². The van der Waals surface area contributed by atoms with Crippen LogP contribution in [0.25, 0.3) is 0 Å². The van der Waals surface area contributed by atoms with Gasteiger partial charge in [0, 0.05) is 0 Å². The molecule has 0 amide bonds. The minimum atomic E-state index is -4.53. The summed E-state index contributed by atoms with van der Waals surface area (Å²) in [4.78, 5) is -0.583. The molecule has 5 nitrogen and oxygen atoms in total. The van der Waals surface area contributed by atoms with Crippen LogP contribution in [0.2, 0.25) is 0 Å². The van der Waals surface area contributed by atoms with Gasteiger partial charge >= 0.3 is 29.6 Å². The first-order valence-electron chi connectivity index (χ1n) is 4.89. The fourth-order valence-electron chi connectivity index (χ4n) is 1.10. The molecule has 2 aromatic carbocycles. The summed E-state index contributed by atoms with van der Waals surface area (Å²) in [6.07, 6.45) is 0. The van der Waals surface area contributed by atoms with Gasteiger partial charge in [0.1, 0.15) is 21.6 Å². The van der Waals surface area contributed by atoms with Crippen molar-refractivity contribution in [1.82, 2.24) is 0 Å². The van der Waals surface area contributed by atoms with E-state index in [2.05, 4.69) is 0 Å². The molecule has 0 aromatic heterocycles. The monoisotopic (exact) mass is 290 g/mol. The molecule has 0 spiro atoms. The first-order chi connectivity index (χ1) is 8.41. The van der Waals surface area contributed by atoms with Crippen molar-refractivity contribution in [3.8, 4) is 11.5 Å². The van der Waals surface area contributed by atoms with E-state index in [0.29, 0.717) is 5.75 Å². The van der Waals surface area contributed by atoms with Crippen molar-refractivity contribution in [3.05, 3.63) is 54.6 Å². The fraction of sp³-hybridized carbons (Fsp3) is 0. The maximum absolute atomic E-state index is 10.3. The van der Waals surface area contributed by atoms with Crippen LogP contribution in [-0.2, 0) is 10.1 Å². The molecule has 2 aromatic rings. The van der Waals surface area contributed by atoms with E-state index in [9.17, 15) is 13.0 Å². The van der Waals surface area contributed by atoms with Crippen LogP contribution in [0.4, 0.5) is 0 Å². The zero-order chi connectivity index (χ0) is 13.6. The van der Waals surface area contributed by atoms with Gasteiger partial charge in [0.15, 0.2) is 0 Å². The summed E-state index contributed by atoms with van der Waals surface area (Å²) in [7, 11) is -4.53. The van der Waals surface area contributed by atoms with Gasteiger partial charge in [-0.3, -0.25) is 0 Å². The molecule has 96 valence electrons. The molecule has 0 aliphatic rings. The number of phenolic OH excluding ortho intramolecular Hbond substituents is 2. The summed E-state index contributed by atoms with van der Waals surface area (Å²) < 4.78 is 31.0. The van der Waals surface area contributed by atoms with Crippen LogP contribution >= 0.6 is 0 Å². The maximum Gasteiger partial charge on any atom is 1.00 e. The van der Waals surface area contributed by atoms with Gasteiger partial charge in [0.2, 0.25) is 0 Å². The third kappa shape index (κ3) is 6.60. The Hall–Kier alpha value is -1.05. The molecule has 2 N–H and O–H groups in total. The van der Waals surface area contributed by atoms with E-state index in [0.717, 1.165) is 12.1 Å². The molecule has 2 rings (SSSR count). The molecule has 19 heavy (non-hydrogen) atoms. The standard InChI is InChI=1S/C6H6O4S.C6H6O.Na/c7-5-3-1-2-4-6(5)11(8,9)10;7-6-4-2-1-3-5-6;/h1-4,7H,(H,8,9,10);1-5,7H;/q;;+1/p-1. The quantitative estimate of drug-likeness (QED) is 0.502. The van der Waals surface area contributed by atoms with Gasteiger partial charge in [-0.25, -0.2) is 8.42 Å². The Kier molecular flexibility index (Phi) is 7.73. The Balaban J connectivity index is 0.000000352. The van der Waals surface area contributed by atoms with Crippen LogP contribution in [0.1, 0.15) is 0 Å². The van der Waals surface area contributed by atoms with Crippen molar-refractivity contribution in [3.63, 3.8) is 0 Å². The number of hydrogen-bond acceptors (Lipinski definition) is 5. The van der Waals surface area contributed by atoms with Gasteiger partial charge in [-0.2, -0.15) is 0 Å². The number of benzene rings is 2. The van der Waals surface area contributed by atoms with Crippen LogP contribution in [0, 0.1) is 0 Å². The number of hydrogen-bond donors (Lipinski definition) is 2. The molecule has 0 heterocycles. The number of aromatic hydroxyl groups is 2. The van der Waals surface area contributed by atoms with Gasteiger partial charge in [-0.15, -0.1) is 0 Å². The van der Waals surface area contributed by atoms with Gasteiger partial charge in [0.25, 0.3) is 0 Å². The Morgan fingerprint density at radius 2 is 1.32 bits per heavy atom. The van der Waals surface area contributed by atoms with Crippen LogP contribution < -0.4 is 29.6 Å². The summed E-state index contributed by atoms with van der Waals surface area (Å²) in [5, 5.41) is 17.5. The first kappa shape index (κ1) is 17.9. The van der Waals surface area contributed by atoms with E-state index in [1.807, 2.05) is 6.07 Å². The molecule has 0 radical (unpaired) electrons. The van der Waals surface area contributed by atoms with E-state index in [4.69, 9.17) is 10.2 Å². The number of para-hydroxylation sites is 2. The number of phenols is 2. The second kappa shape index (κ2) is 8.19. The van der Waals surface area contributed by atoms with Gasteiger partial charge in [-0.05, 0) is 24.3 Å².